The van der Waals surface area contributed by atoms with Crippen LogP contribution in [0.2, 0.25) is 0 Å². The summed E-state index contributed by atoms with van der Waals surface area (Å²) in [5.74, 6) is -0.0775. The standard InChI is InChI=1S/C21H24N4O5/c1-4-24(5-2)20(26)14-30-19-11-9-16(10-12-19)15(3)22-23-21(27)17-7-6-8-18(13-17)25(28)29/h6-13H,4-5,14H2,1-3H3,(H,23,27)/b22-15-. The van der Waals surface area contributed by atoms with E-state index in [1.54, 1.807) is 36.1 Å². The Labute approximate surface area is 174 Å². The zero-order valence-electron chi connectivity index (χ0n) is 17.1. The van der Waals surface area contributed by atoms with Gasteiger partial charge in [0.25, 0.3) is 17.5 Å². The monoisotopic (exact) mass is 412 g/mol. The molecule has 0 spiro atoms. The average molecular weight is 412 g/mol. The predicted octanol–water partition coefficient (Wildman–Crippen LogP) is 3.00. The molecule has 2 rings (SSSR count). The van der Waals surface area contributed by atoms with E-state index in [2.05, 4.69) is 10.5 Å². The van der Waals surface area contributed by atoms with Gasteiger partial charge in [0.2, 0.25) is 0 Å². The number of benzene rings is 2. The van der Waals surface area contributed by atoms with E-state index < -0.39 is 10.8 Å². The number of carbonyl (C=O) groups is 2. The fourth-order valence-electron chi connectivity index (χ4n) is 2.63. The number of ether oxygens (including phenoxy) is 1. The Hall–Kier alpha value is -3.75. The molecule has 30 heavy (non-hydrogen) atoms. The number of nitro benzene ring substituents is 1. The van der Waals surface area contributed by atoms with Crippen LogP contribution in [-0.2, 0) is 4.79 Å². The molecule has 9 heteroatoms. The van der Waals surface area contributed by atoms with Crippen molar-refractivity contribution in [2.24, 2.45) is 5.10 Å². The Morgan fingerprint density at radius 1 is 1.10 bits per heavy atom. The van der Waals surface area contributed by atoms with Crippen molar-refractivity contribution in [1.29, 1.82) is 0 Å². The summed E-state index contributed by atoms with van der Waals surface area (Å²) in [4.78, 5) is 36.1. The van der Waals surface area contributed by atoms with E-state index in [1.807, 2.05) is 13.8 Å². The van der Waals surface area contributed by atoms with Gasteiger partial charge in [-0.05, 0) is 56.7 Å². The molecule has 2 aromatic rings. The number of hydrogen-bond donors (Lipinski definition) is 1. The molecule has 0 fully saturated rings. The highest BCUT2D eigenvalue weighted by Crippen LogP contribution is 2.14. The quantitative estimate of drug-likeness (QED) is 0.386. The SMILES string of the molecule is CCN(CC)C(=O)COc1ccc(/C(C)=N\NC(=O)c2cccc([N+](=O)[O-])c2)cc1. The van der Waals surface area contributed by atoms with Gasteiger partial charge in [-0.1, -0.05) is 6.07 Å². The fourth-order valence-corrected chi connectivity index (χ4v) is 2.63. The smallest absolute Gasteiger partial charge is 0.271 e. The second-order valence-corrected chi connectivity index (χ2v) is 6.32. The summed E-state index contributed by atoms with van der Waals surface area (Å²) in [6.07, 6.45) is 0. The lowest BCUT2D eigenvalue weighted by Gasteiger charge is -2.18. The van der Waals surface area contributed by atoms with Crippen molar-refractivity contribution < 1.29 is 19.2 Å². The van der Waals surface area contributed by atoms with Crippen molar-refractivity contribution >= 4 is 23.2 Å². The normalized spacial score (nSPS) is 11.0. The Morgan fingerprint density at radius 2 is 1.77 bits per heavy atom. The number of nitrogens with one attached hydrogen (secondary N) is 1. The zero-order chi connectivity index (χ0) is 22.1. The predicted molar refractivity (Wildman–Crippen MR) is 113 cm³/mol. The summed E-state index contributed by atoms with van der Waals surface area (Å²) in [5, 5.41) is 14.9. The van der Waals surface area contributed by atoms with E-state index in [4.69, 9.17) is 4.74 Å². The molecule has 158 valence electrons. The van der Waals surface area contributed by atoms with Gasteiger partial charge < -0.3 is 9.64 Å². The number of likely N-dealkylation sites (N-methyl/N-ethyl adjacent to an activating group) is 1. The second-order valence-electron chi connectivity index (χ2n) is 6.32. The molecule has 0 aliphatic carbocycles. The van der Waals surface area contributed by atoms with E-state index in [-0.39, 0.29) is 23.8 Å². The van der Waals surface area contributed by atoms with Gasteiger partial charge in [0.1, 0.15) is 5.75 Å². The van der Waals surface area contributed by atoms with Crippen molar-refractivity contribution in [3.8, 4) is 5.75 Å². The highest BCUT2D eigenvalue weighted by molar-refractivity contribution is 6.01. The van der Waals surface area contributed by atoms with Gasteiger partial charge in [0.15, 0.2) is 6.61 Å². The molecule has 0 atom stereocenters. The molecule has 1 N–H and O–H groups in total. The number of non-ortho nitro benzene ring substituents is 1. The molecule has 0 saturated heterocycles. The molecular weight excluding hydrogens is 388 g/mol. The van der Waals surface area contributed by atoms with Crippen molar-refractivity contribution in [2.45, 2.75) is 20.8 Å². The molecule has 2 amide bonds. The fraction of sp³-hybridized carbons (Fsp3) is 0.286. The lowest BCUT2D eigenvalue weighted by Crippen LogP contribution is -2.34. The minimum Gasteiger partial charge on any atom is -0.484 e. The summed E-state index contributed by atoms with van der Waals surface area (Å²) in [6, 6.07) is 12.4. The summed E-state index contributed by atoms with van der Waals surface area (Å²) < 4.78 is 5.52. The molecule has 0 aliphatic heterocycles. The maximum absolute atomic E-state index is 12.2. The third kappa shape index (κ3) is 6.13. The van der Waals surface area contributed by atoms with Gasteiger partial charge in [0, 0.05) is 30.8 Å². The molecule has 9 nitrogen and oxygen atoms in total. The summed E-state index contributed by atoms with van der Waals surface area (Å²) >= 11 is 0. The number of hydrogen-bond acceptors (Lipinski definition) is 6. The molecule has 0 aromatic heterocycles. The van der Waals surface area contributed by atoms with Gasteiger partial charge >= 0.3 is 0 Å². The summed E-state index contributed by atoms with van der Waals surface area (Å²) in [6.45, 7) is 6.78. The van der Waals surface area contributed by atoms with E-state index in [1.165, 1.54) is 24.3 Å². The third-order valence-electron chi connectivity index (χ3n) is 4.39. The maximum atomic E-state index is 12.2. The highest BCUT2D eigenvalue weighted by atomic mass is 16.6. The van der Waals surface area contributed by atoms with Crippen LogP contribution in [0.25, 0.3) is 0 Å². The highest BCUT2D eigenvalue weighted by Gasteiger charge is 2.12. The van der Waals surface area contributed by atoms with Crippen LogP contribution in [0.3, 0.4) is 0 Å². The van der Waals surface area contributed by atoms with Crippen molar-refractivity contribution in [1.82, 2.24) is 10.3 Å². The van der Waals surface area contributed by atoms with E-state index in [0.29, 0.717) is 24.6 Å². The van der Waals surface area contributed by atoms with Crippen LogP contribution in [0.1, 0.15) is 36.7 Å². The van der Waals surface area contributed by atoms with Crippen LogP contribution in [0, 0.1) is 10.1 Å². The van der Waals surface area contributed by atoms with Gasteiger partial charge in [-0.15, -0.1) is 0 Å². The first-order valence-electron chi connectivity index (χ1n) is 9.45. The molecular formula is C21H24N4O5. The molecule has 0 bridgehead atoms. The van der Waals surface area contributed by atoms with E-state index in [9.17, 15) is 19.7 Å². The largest absolute Gasteiger partial charge is 0.484 e. The van der Waals surface area contributed by atoms with Gasteiger partial charge in [0.05, 0.1) is 10.6 Å². The Balaban J connectivity index is 1.96. The number of hydrazone groups is 1. The number of carbonyl (C=O) groups excluding carboxylic acids is 2. The van der Waals surface area contributed by atoms with Crippen LogP contribution in [0.15, 0.2) is 53.6 Å². The van der Waals surface area contributed by atoms with Crippen LogP contribution in [0.4, 0.5) is 5.69 Å². The summed E-state index contributed by atoms with van der Waals surface area (Å²) in [7, 11) is 0. The first-order valence-corrected chi connectivity index (χ1v) is 9.45. The van der Waals surface area contributed by atoms with E-state index in [0.717, 1.165) is 5.56 Å². The molecule has 2 aromatic carbocycles. The van der Waals surface area contributed by atoms with Gasteiger partial charge in [-0.3, -0.25) is 19.7 Å². The molecule has 0 heterocycles. The number of nitrogens with zero attached hydrogens (tertiary/aromatic N) is 3. The lowest BCUT2D eigenvalue weighted by atomic mass is 10.1. The first-order chi connectivity index (χ1) is 14.3. The van der Waals surface area contributed by atoms with Crippen LogP contribution in [0.5, 0.6) is 5.75 Å². The Bertz CT molecular complexity index is 937. The first kappa shape index (κ1) is 22.5. The maximum Gasteiger partial charge on any atom is 0.271 e. The third-order valence-corrected chi connectivity index (χ3v) is 4.39. The van der Waals surface area contributed by atoms with Gasteiger partial charge in [-0.2, -0.15) is 5.10 Å². The van der Waals surface area contributed by atoms with Crippen LogP contribution < -0.4 is 10.2 Å². The lowest BCUT2D eigenvalue weighted by molar-refractivity contribution is -0.384. The van der Waals surface area contributed by atoms with Crippen molar-refractivity contribution in [3.63, 3.8) is 0 Å². The molecule has 0 radical (unpaired) electrons. The van der Waals surface area contributed by atoms with Crippen LogP contribution in [-0.4, -0.2) is 47.0 Å². The topological polar surface area (TPSA) is 114 Å². The van der Waals surface area contributed by atoms with Crippen LogP contribution >= 0.6 is 0 Å². The molecule has 0 saturated carbocycles. The average Bonchev–Trinajstić information content (AvgIpc) is 2.77. The minimum atomic E-state index is -0.565. The second kappa shape index (κ2) is 10.7. The number of nitro groups is 1. The van der Waals surface area contributed by atoms with E-state index >= 15 is 0 Å². The number of amides is 2. The van der Waals surface area contributed by atoms with Crippen molar-refractivity contribution in [2.75, 3.05) is 19.7 Å². The van der Waals surface area contributed by atoms with Crippen molar-refractivity contribution in [3.05, 3.63) is 69.8 Å². The number of rotatable bonds is 9. The zero-order valence-corrected chi connectivity index (χ0v) is 17.1. The molecule has 0 unspecified atom stereocenters. The minimum absolute atomic E-state index is 0.0344. The summed E-state index contributed by atoms with van der Waals surface area (Å²) in [5.41, 5.74) is 3.65. The Morgan fingerprint density at radius 3 is 2.37 bits per heavy atom. The van der Waals surface area contributed by atoms with Gasteiger partial charge in [-0.25, -0.2) is 5.43 Å². The Kier molecular flexibility index (Phi) is 8.04. The molecule has 0 aliphatic rings.